The van der Waals surface area contributed by atoms with Gasteiger partial charge in [-0.15, -0.1) is 0 Å². The average Bonchev–Trinajstić information content (AvgIpc) is 2.14. The van der Waals surface area contributed by atoms with Crippen molar-refractivity contribution in [2.75, 3.05) is 13.2 Å². The molecule has 2 nitrogen and oxygen atoms in total. The number of carbonyl (C=O) groups excluding carboxylic acids is 1. The number of ketones is 1. The fourth-order valence-corrected chi connectivity index (χ4v) is 1.21. The van der Waals surface area contributed by atoms with E-state index in [2.05, 4.69) is 6.92 Å². The molecular formula is C11H22O2. The monoisotopic (exact) mass is 186 g/mol. The third kappa shape index (κ3) is 9.54. The lowest BCUT2D eigenvalue weighted by Crippen LogP contribution is -2.07. The van der Waals surface area contributed by atoms with Crippen LogP contribution in [0.5, 0.6) is 0 Å². The minimum absolute atomic E-state index is 0.248. The highest BCUT2D eigenvalue weighted by atomic mass is 16.5. The molecule has 0 saturated carbocycles. The van der Waals surface area contributed by atoms with Gasteiger partial charge in [-0.2, -0.15) is 0 Å². The first-order valence-corrected chi connectivity index (χ1v) is 5.40. The molecule has 0 aromatic carbocycles. The smallest absolute Gasteiger partial charge is 0.158 e. The van der Waals surface area contributed by atoms with Gasteiger partial charge in [-0.1, -0.05) is 32.6 Å². The minimum Gasteiger partial charge on any atom is -0.374 e. The number of carbonyl (C=O) groups is 1. The predicted octanol–water partition coefficient (Wildman–Crippen LogP) is 2.95. The van der Waals surface area contributed by atoms with Crippen molar-refractivity contribution < 1.29 is 9.53 Å². The molecule has 0 aromatic rings. The fourth-order valence-electron chi connectivity index (χ4n) is 1.21. The van der Waals surface area contributed by atoms with Crippen LogP contribution in [0.2, 0.25) is 0 Å². The average molecular weight is 186 g/mol. The summed E-state index contributed by atoms with van der Waals surface area (Å²) in [6, 6.07) is 0. The Kier molecular flexibility index (Phi) is 9.44. The molecule has 78 valence electrons. The van der Waals surface area contributed by atoms with Crippen LogP contribution in [0, 0.1) is 0 Å². The summed E-state index contributed by atoms with van der Waals surface area (Å²) in [4.78, 5) is 11.1. The van der Waals surface area contributed by atoms with Gasteiger partial charge in [-0.25, -0.2) is 0 Å². The quantitative estimate of drug-likeness (QED) is 0.517. The Labute approximate surface area is 81.7 Å². The van der Waals surface area contributed by atoms with Crippen molar-refractivity contribution >= 4 is 5.78 Å². The van der Waals surface area contributed by atoms with E-state index >= 15 is 0 Å². The normalized spacial score (nSPS) is 10.3. The van der Waals surface area contributed by atoms with Gasteiger partial charge < -0.3 is 4.74 Å². The molecule has 13 heavy (non-hydrogen) atoms. The van der Waals surface area contributed by atoms with Crippen molar-refractivity contribution in [2.45, 2.75) is 52.4 Å². The van der Waals surface area contributed by atoms with Crippen LogP contribution in [0.3, 0.4) is 0 Å². The summed E-state index contributed by atoms with van der Waals surface area (Å²) in [6.45, 7) is 5.06. The summed E-state index contributed by atoms with van der Waals surface area (Å²) in [5.41, 5.74) is 0. The number of rotatable bonds is 9. The second kappa shape index (κ2) is 9.72. The minimum atomic E-state index is 0.248. The van der Waals surface area contributed by atoms with Gasteiger partial charge in [-0.05, 0) is 13.3 Å². The van der Waals surface area contributed by atoms with Crippen LogP contribution in [0.4, 0.5) is 0 Å². The maximum Gasteiger partial charge on any atom is 0.158 e. The van der Waals surface area contributed by atoms with E-state index in [1.54, 1.807) is 0 Å². The molecule has 0 aliphatic heterocycles. The van der Waals surface area contributed by atoms with Crippen molar-refractivity contribution in [1.29, 1.82) is 0 Å². The summed E-state index contributed by atoms with van der Waals surface area (Å²) < 4.78 is 5.02. The molecule has 0 rings (SSSR count). The third-order valence-electron chi connectivity index (χ3n) is 2.03. The Morgan fingerprint density at radius 3 is 2.38 bits per heavy atom. The van der Waals surface area contributed by atoms with Crippen molar-refractivity contribution in [2.24, 2.45) is 0 Å². The van der Waals surface area contributed by atoms with Crippen LogP contribution in [0.25, 0.3) is 0 Å². The molecule has 0 radical (unpaired) electrons. The molecule has 0 N–H and O–H groups in total. The lowest BCUT2D eigenvalue weighted by Gasteiger charge is -2.00. The highest BCUT2D eigenvalue weighted by Crippen LogP contribution is 2.05. The first-order chi connectivity index (χ1) is 6.31. The van der Waals surface area contributed by atoms with Gasteiger partial charge in [0.2, 0.25) is 0 Å². The molecule has 2 heteroatoms. The Bertz CT molecular complexity index is 121. The van der Waals surface area contributed by atoms with Gasteiger partial charge in [0, 0.05) is 13.0 Å². The van der Waals surface area contributed by atoms with Gasteiger partial charge >= 0.3 is 0 Å². The van der Waals surface area contributed by atoms with Crippen LogP contribution in [0.15, 0.2) is 0 Å². The highest BCUT2D eigenvalue weighted by Gasteiger charge is 2.00. The number of hydrogen-bond acceptors (Lipinski definition) is 2. The zero-order valence-electron chi connectivity index (χ0n) is 8.97. The molecule has 0 heterocycles. The Morgan fingerprint density at radius 1 is 1.08 bits per heavy atom. The van der Waals surface area contributed by atoms with Crippen molar-refractivity contribution in [3.05, 3.63) is 0 Å². The van der Waals surface area contributed by atoms with Crippen LogP contribution >= 0.6 is 0 Å². The van der Waals surface area contributed by atoms with Crippen molar-refractivity contribution in [1.82, 2.24) is 0 Å². The SMILES string of the molecule is CCCCCCCC(=O)COCC. The Balaban J connectivity index is 3.08. The fraction of sp³-hybridized carbons (Fsp3) is 0.909. The summed E-state index contributed by atoms with van der Waals surface area (Å²) in [5, 5.41) is 0. The number of unbranched alkanes of at least 4 members (excludes halogenated alkanes) is 4. The number of ether oxygens (including phenoxy) is 1. The molecule has 0 unspecified atom stereocenters. The molecule has 0 saturated heterocycles. The topological polar surface area (TPSA) is 26.3 Å². The van der Waals surface area contributed by atoms with E-state index in [0.717, 1.165) is 6.42 Å². The molecule has 0 aliphatic carbocycles. The van der Waals surface area contributed by atoms with E-state index in [-0.39, 0.29) is 5.78 Å². The predicted molar refractivity (Wildman–Crippen MR) is 54.9 cm³/mol. The number of hydrogen-bond donors (Lipinski definition) is 0. The summed E-state index contributed by atoms with van der Waals surface area (Å²) in [5.74, 6) is 0.248. The van der Waals surface area contributed by atoms with Gasteiger partial charge in [0.25, 0.3) is 0 Å². The van der Waals surface area contributed by atoms with Gasteiger partial charge in [-0.3, -0.25) is 4.79 Å². The molecular weight excluding hydrogens is 164 g/mol. The second-order valence-corrected chi connectivity index (χ2v) is 3.34. The molecule has 0 spiro atoms. The molecule has 0 fully saturated rings. The van der Waals surface area contributed by atoms with E-state index in [1.807, 2.05) is 6.92 Å². The van der Waals surface area contributed by atoms with Crippen LogP contribution in [-0.2, 0) is 9.53 Å². The molecule has 0 aliphatic rings. The Hall–Kier alpha value is -0.370. The maximum absolute atomic E-state index is 11.1. The largest absolute Gasteiger partial charge is 0.374 e. The summed E-state index contributed by atoms with van der Waals surface area (Å²) in [6.07, 6.45) is 6.73. The van der Waals surface area contributed by atoms with E-state index < -0.39 is 0 Å². The van der Waals surface area contributed by atoms with E-state index in [9.17, 15) is 4.79 Å². The molecule has 0 aromatic heterocycles. The van der Waals surface area contributed by atoms with Gasteiger partial charge in [0.15, 0.2) is 5.78 Å². The van der Waals surface area contributed by atoms with Crippen LogP contribution in [-0.4, -0.2) is 19.0 Å². The zero-order valence-corrected chi connectivity index (χ0v) is 8.97. The van der Waals surface area contributed by atoms with E-state index in [1.165, 1.54) is 25.7 Å². The highest BCUT2D eigenvalue weighted by molar-refractivity contribution is 5.79. The van der Waals surface area contributed by atoms with Crippen molar-refractivity contribution in [3.8, 4) is 0 Å². The molecule has 0 amide bonds. The zero-order chi connectivity index (χ0) is 9.94. The van der Waals surface area contributed by atoms with Gasteiger partial charge in [0.1, 0.15) is 6.61 Å². The summed E-state index contributed by atoms with van der Waals surface area (Å²) in [7, 11) is 0. The van der Waals surface area contributed by atoms with Crippen molar-refractivity contribution in [3.63, 3.8) is 0 Å². The second-order valence-electron chi connectivity index (χ2n) is 3.34. The first kappa shape index (κ1) is 12.6. The lowest BCUT2D eigenvalue weighted by atomic mass is 10.1. The first-order valence-electron chi connectivity index (χ1n) is 5.40. The van der Waals surface area contributed by atoms with Crippen LogP contribution in [0.1, 0.15) is 52.4 Å². The van der Waals surface area contributed by atoms with E-state index in [4.69, 9.17) is 4.74 Å². The maximum atomic E-state index is 11.1. The lowest BCUT2D eigenvalue weighted by molar-refractivity contribution is -0.123. The molecule has 0 bridgehead atoms. The third-order valence-corrected chi connectivity index (χ3v) is 2.03. The van der Waals surface area contributed by atoms with Crippen LogP contribution < -0.4 is 0 Å². The molecule has 0 atom stereocenters. The van der Waals surface area contributed by atoms with Gasteiger partial charge in [0.05, 0.1) is 0 Å². The summed E-state index contributed by atoms with van der Waals surface area (Å²) >= 11 is 0. The van der Waals surface area contributed by atoms with E-state index in [0.29, 0.717) is 19.6 Å². The standard InChI is InChI=1S/C11H22O2/c1-3-5-6-7-8-9-11(12)10-13-4-2/h3-10H2,1-2H3. The number of Topliss-reactive ketones (excluding diaryl/α,β-unsaturated/α-hetero) is 1. The Morgan fingerprint density at radius 2 is 1.77 bits per heavy atom.